The van der Waals surface area contributed by atoms with E-state index in [9.17, 15) is 8.42 Å². The van der Waals surface area contributed by atoms with E-state index in [0.29, 0.717) is 18.0 Å². The number of aliphatic hydroxyl groups is 1. The quantitative estimate of drug-likeness (QED) is 0.753. The molecule has 0 bridgehead atoms. The van der Waals surface area contributed by atoms with Crippen LogP contribution in [0.3, 0.4) is 0 Å². The number of nitrogens with one attached hydrogen (secondary N) is 1. The second-order valence-corrected chi connectivity index (χ2v) is 7.26. The summed E-state index contributed by atoms with van der Waals surface area (Å²) in [6.07, 6.45) is 1.41. The molecule has 1 aromatic rings. The van der Waals surface area contributed by atoms with Gasteiger partial charge in [0.1, 0.15) is 0 Å². The molecule has 0 aromatic heterocycles. The largest absolute Gasteiger partial charge is 0.393 e. The van der Waals surface area contributed by atoms with Gasteiger partial charge < -0.3 is 10.4 Å². The molecule has 1 aliphatic carbocycles. The normalized spacial score (nSPS) is 22.0. The first-order chi connectivity index (χ1) is 9.51. The van der Waals surface area contributed by atoms with Crippen molar-refractivity contribution in [2.45, 2.75) is 23.8 Å². The number of aliphatic hydroxyl groups excluding tert-OH is 1. The number of benzene rings is 1. The van der Waals surface area contributed by atoms with Crippen LogP contribution in [0.25, 0.3) is 0 Å². The van der Waals surface area contributed by atoms with Gasteiger partial charge in [-0.15, -0.1) is 0 Å². The van der Waals surface area contributed by atoms with Crippen LogP contribution >= 0.6 is 0 Å². The molecule has 108 valence electrons. The molecule has 0 atom stereocenters. The van der Waals surface area contributed by atoms with Gasteiger partial charge in [0.25, 0.3) is 0 Å². The maximum Gasteiger partial charge on any atom is 0.179 e. The monoisotopic (exact) mass is 294 g/mol. The summed E-state index contributed by atoms with van der Waals surface area (Å²) in [7, 11) is -3.35. The zero-order valence-electron chi connectivity index (χ0n) is 11.1. The molecule has 2 rings (SSSR count). The van der Waals surface area contributed by atoms with Crippen molar-refractivity contribution in [3.8, 4) is 6.07 Å². The van der Waals surface area contributed by atoms with E-state index in [1.807, 2.05) is 6.07 Å². The summed E-state index contributed by atoms with van der Waals surface area (Å²) in [5, 5.41) is 21.0. The Kier molecular flexibility index (Phi) is 4.76. The number of nitriles is 1. The van der Waals surface area contributed by atoms with Crippen molar-refractivity contribution in [1.29, 1.82) is 5.26 Å². The lowest BCUT2D eigenvalue weighted by atomic mass is 9.82. The summed E-state index contributed by atoms with van der Waals surface area (Å²) in [6.45, 7) is 1.12. The molecule has 1 aliphatic rings. The van der Waals surface area contributed by atoms with Gasteiger partial charge in [-0.2, -0.15) is 5.26 Å². The van der Waals surface area contributed by atoms with Crippen LogP contribution in [-0.4, -0.2) is 38.5 Å². The van der Waals surface area contributed by atoms with E-state index in [1.54, 1.807) is 12.1 Å². The van der Waals surface area contributed by atoms with Crippen molar-refractivity contribution >= 4 is 9.84 Å². The highest BCUT2D eigenvalue weighted by Gasteiger charge is 2.26. The number of rotatable bonds is 6. The zero-order valence-corrected chi connectivity index (χ0v) is 11.9. The summed E-state index contributed by atoms with van der Waals surface area (Å²) in [6, 6.07) is 8.01. The fraction of sp³-hybridized carbons (Fsp3) is 0.500. The summed E-state index contributed by atoms with van der Waals surface area (Å²) in [5.74, 6) is 0.464. The van der Waals surface area contributed by atoms with Crippen LogP contribution in [0.4, 0.5) is 0 Å². The topological polar surface area (TPSA) is 90.2 Å². The molecule has 0 heterocycles. The predicted octanol–water partition coefficient (Wildman–Crippen LogP) is 0.692. The number of hydrogen-bond donors (Lipinski definition) is 2. The smallest absolute Gasteiger partial charge is 0.179 e. The molecule has 0 amide bonds. The molecule has 1 fully saturated rings. The molecule has 2 N–H and O–H groups in total. The minimum atomic E-state index is -3.35. The van der Waals surface area contributed by atoms with Gasteiger partial charge in [0.15, 0.2) is 9.84 Å². The lowest BCUT2D eigenvalue weighted by molar-refractivity contribution is 0.0433. The van der Waals surface area contributed by atoms with Crippen LogP contribution < -0.4 is 5.32 Å². The first-order valence-electron chi connectivity index (χ1n) is 6.63. The summed E-state index contributed by atoms with van der Waals surface area (Å²) in [5.41, 5.74) is 0.350. The van der Waals surface area contributed by atoms with E-state index >= 15 is 0 Å². The average molecular weight is 294 g/mol. The van der Waals surface area contributed by atoms with Crippen LogP contribution in [0.2, 0.25) is 0 Å². The highest BCUT2D eigenvalue weighted by atomic mass is 32.2. The van der Waals surface area contributed by atoms with Gasteiger partial charge >= 0.3 is 0 Å². The zero-order chi connectivity index (χ0) is 14.6. The van der Waals surface area contributed by atoms with Crippen LogP contribution in [0.5, 0.6) is 0 Å². The van der Waals surface area contributed by atoms with Crippen molar-refractivity contribution in [3.05, 3.63) is 29.8 Å². The molecule has 1 saturated carbocycles. The van der Waals surface area contributed by atoms with E-state index in [-0.39, 0.29) is 16.8 Å². The lowest BCUT2D eigenvalue weighted by Gasteiger charge is -2.31. The highest BCUT2D eigenvalue weighted by molar-refractivity contribution is 7.91. The molecule has 5 nitrogen and oxygen atoms in total. The summed E-state index contributed by atoms with van der Waals surface area (Å²) >= 11 is 0. The Labute approximate surface area is 119 Å². The molecule has 1 aromatic carbocycles. The third-order valence-corrected chi connectivity index (χ3v) is 5.23. The van der Waals surface area contributed by atoms with E-state index in [1.165, 1.54) is 12.1 Å². The van der Waals surface area contributed by atoms with E-state index in [4.69, 9.17) is 10.4 Å². The van der Waals surface area contributed by atoms with Crippen molar-refractivity contribution in [3.63, 3.8) is 0 Å². The summed E-state index contributed by atoms with van der Waals surface area (Å²) < 4.78 is 24.2. The molecule has 0 radical (unpaired) electrons. The van der Waals surface area contributed by atoms with Crippen LogP contribution in [0.15, 0.2) is 29.2 Å². The minimum absolute atomic E-state index is 0.0111. The molecule has 0 unspecified atom stereocenters. The SMILES string of the molecule is N#Cc1cccc(S(=O)(=O)CCNCC2CC(O)C2)c1. The number of nitrogens with zero attached hydrogens (tertiary/aromatic N) is 1. The maximum atomic E-state index is 12.1. The van der Waals surface area contributed by atoms with Gasteiger partial charge in [-0.1, -0.05) is 6.07 Å². The second kappa shape index (κ2) is 6.35. The van der Waals surface area contributed by atoms with Crippen molar-refractivity contribution in [2.24, 2.45) is 5.92 Å². The van der Waals surface area contributed by atoms with Gasteiger partial charge in [0, 0.05) is 6.54 Å². The molecular formula is C14H18N2O3S. The third kappa shape index (κ3) is 3.79. The molecule has 20 heavy (non-hydrogen) atoms. The Hall–Kier alpha value is -1.42. The Morgan fingerprint density at radius 2 is 2.15 bits per heavy atom. The van der Waals surface area contributed by atoms with Crippen LogP contribution in [0, 0.1) is 17.2 Å². The van der Waals surface area contributed by atoms with Crippen molar-refractivity contribution < 1.29 is 13.5 Å². The lowest BCUT2D eigenvalue weighted by Crippen LogP contribution is -2.37. The number of hydrogen-bond acceptors (Lipinski definition) is 5. The highest BCUT2D eigenvalue weighted by Crippen LogP contribution is 2.26. The third-order valence-electron chi connectivity index (χ3n) is 3.51. The first kappa shape index (κ1) is 15.0. The Morgan fingerprint density at radius 1 is 1.40 bits per heavy atom. The van der Waals surface area contributed by atoms with Gasteiger partial charge in [0.05, 0.1) is 28.4 Å². The van der Waals surface area contributed by atoms with E-state index in [0.717, 1.165) is 19.4 Å². The van der Waals surface area contributed by atoms with E-state index in [2.05, 4.69) is 5.32 Å². The molecule has 6 heteroatoms. The standard InChI is InChI=1S/C14H18N2O3S/c15-9-11-2-1-3-14(8-11)20(18,19)5-4-16-10-12-6-13(17)7-12/h1-3,8,12-13,16-17H,4-7,10H2. The molecule has 0 spiro atoms. The predicted molar refractivity (Wildman–Crippen MR) is 74.8 cm³/mol. The van der Waals surface area contributed by atoms with Crippen LogP contribution in [-0.2, 0) is 9.84 Å². The second-order valence-electron chi connectivity index (χ2n) is 5.15. The fourth-order valence-electron chi connectivity index (χ4n) is 2.26. The average Bonchev–Trinajstić information content (AvgIpc) is 2.41. The number of sulfone groups is 1. The molecule has 0 saturated heterocycles. The van der Waals surface area contributed by atoms with E-state index < -0.39 is 9.84 Å². The van der Waals surface area contributed by atoms with Crippen molar-refractivity contribution in [1.82, 2.24) is 5.32 Å². The van der Waals surface area contributed by atoms with Gasteiger partial charge in [-0.3, -0.25) is 0 Å². The Bertz CT molecular complexity index is 601. The van der Waals surface area contributed by atoms with Gasteiger partial charge in [0.2, 0.25) is 0 Å². The molecular weight excluding hydrogens is 276 g/mol. The van der Waals surface area contributed by atoms with Crippen molar-refractivity contribution in [2.75, 3.05) is 18.8 Å². The maximum absolute atomic E-state index is 12.1. The fourth-order valence-corrected chi connectivity index (χ4v) is 3.50. The summed E-state index contributed by atoms with van der Waals surface area (Å²) in [4.78, 5) is 0.192. The van der Waals surface area contributed by atoms with Gasteiger partial charge in [-0.25, -0.2) is 8.42 Å². The molecule has 0 aliphatic heterocycles. The van der Waals surface area contributed by atoms with Gasteiger partial charge in [-0.05, 0) is 43.5 Å². The Morgan fingerprint density at radius 3 is 2.80 bits per heavy atom. The Balaban J connectivity index is 1.83. The first-order valence-corrected chi connectivity index (χ1v) is 8.28. The van der Waals surface area contributed by atoms with Crippen LogP contribution in [0.1, 0.15) is 18.4 Å². The minimum Gasteiger partial charge on any atom is -0.393 e.